The molecular weight excluding hydrogens is 272 g/mol. The van der Waals surface area contributed by atoms with E-state index in [2.05, 4.69) is 0 Å². The number of halogens is 4. The molecule has 1 aromatic carbocycles. The Balaban J connectivity index is 2.55. The van der Waals surface area contributed by atoms with Crippen molar-refractivity contribution in [2.75, 3.05) is 13.2 Å². The molecule has 0 aliphatic carbocycles. The fraction of sp³-hybridized carbons (Fsp3) is 0.600. The van der Waals surface area contributed by atoms with Crippen molar-refractivity contribution in [1.82, 2.24) is 0 Å². The van der Waals surface area contributed by atoms with Crippen molar-refractivity contribution in [3.63, 3.8) is 0 Å². The van der Waals surface area contributed by atoms with Gasteiger partial charge in [0.05, 0.1) is 13.2 Å². The highest BCUT2D eigenvalue weighted by Gasteiger charge is 2.38. The van der Waals surface area contributed by atoms with Crippen LogP contribution in [-0.2, 0) is 16.6 Å². The normalized spacial score (nSPS) is 18.0. The smallest absolute Gasteiger partial charge is 0.165 e. The summed E-state index contributed by atoms with van der Waals surface area (Å²) in [6.07, 6.45) is -0.0804. The van der Waals surface area contributed by atoms with Crippen LogP contribution in [-0.4, -0.2) is 13.2 Å². The zero-order valence-corrected chi connectivity index (χ0v) is 12.0. The van der Waals surface area contributed by atoms with Crippen LogP contribution in [0.4, 0.5) is 17.6 Å². The van der Waals surface area contributed by atoms with E-state index in [0.29, 0.717) is 13.2 Å². The van der Waals surface area contributed by atoms with E-state index in [1.165, 1.54) is 20.8 Å². The molecule has 0 aromatic heterocycles. The van der Waals surface area contributed by atoms with E-state index in [9.17, 15) is 17.6 Å². The summed E-state index contributed by atoms with van der Waals surface area (Å²) >= 11 is 0. The Kier molecular flexibility index (Phi) is 3.61. The monoisotopic (exact) mass is 290 g/mol. The van der Waals surface area contributed by atoms with Crippen molar-refractivity contribution >= 4 is 0 Å². The molecule has 1 fully saturated rings. The molecule has 0 unspecified atom stereocenters. The van der Waals surface area contributed by atoms with Crippen LogP contribution in [0, 0.1) is 28.7 Å². The molecule has 5 heteroatoms. The molecule has 0 spiro atoms. The minimum atomic E-state index is -1.30. The quantitative estimate of drug-likeness (QED) is 0.588. The Labute approximate surface area is 115 Å². The van der Waals surface area contributed by atoms with E-state index in [1.54, 1.807) is 6.92 Å². The predicted octanol–water partition coefficient (Wildman–Crippen LogP) is 4.12. The number of ether oxygens (including phenoxy) is 1. The number of rotatable bonds is 2. The highest BCUT2D eigenvalue weighted by Crippen LogP contribution is 2.37. The van der Waals surface area contributed by atoms with Crippen LogP contribution < -0.4 is 0 Å². The Morgan fingerprint density at radius 2 is 1.40 bits per heavy atom. The Morgan fingerprint density at radius 1 is 0.950 bits per heavy atom. The molecule has 1 aliphatic heterocycles. The largest absolute Gasteiger partial charge is 0.380 e. The molecule has 1 aliphatic rings. The summed E-state index contributed by atoms with van der Waals surface area (Å²) < 4.78 is 61.4. The molecule has 0 atom stereocenters. The maximum Gasteiger partial charge on any atom is 0.165 e. The molecule has 1 saturated heterocycles. The first kappa shape index (κ1) is 15.3. The van der Waals surface area contributed by atoms with Crippen LogP contribution in [0.5, 0.6) is 0 Å². The van der Waals surface area contributed by atoms with Crippen LogP contribution in [0.2, 0.25) is 0 Å². The topological polar surface area (TPSA) is 9.23 Å². The van der Waals surface area contributed by atoms with Gasteiger partial charge in [-0.3, -0.25) is 0 Å². The number of hydrogen-bond acceptors (Lipinski definition) is 1. The SMILES string of the molecule is CC1(Cc2c(F)c(F)c(C(C)(C)C)c(F)c2F)COC1. The van der Waals surface area contributed by atoms with Crippen molar-refractivity contribution in [1.29, 1.82) is 0 Å². The standard InChI is InChI=1S/C15H18F4O/c1-14(2,3)9-12(18)10(16)8(11(17)13(9)19)5-15(4)6-20-7-15/h5-7H2,1-4H3. The third-order valence-electron chi connectivity index (χ3n) is 3.61. The van der Waals surface area contributed by atoms with E-state index >= 15 is 0 Å². The molecule has 1 heterocycles. The van der Waals surface area contributed by atoms with Gasteiger partial charge in [-0.15, -0.1) is 0 Å². The highest BCUT2D eigenvalue weighted by atomic mass is 19.2. The van der Waals surface area contributed by atoms with Gasteiger partial charge in [-0.25, -0.2) is 17.6 Å². The van der Waals surface area contributed by atoms with Gasteiger partial charge in [0.1, 0.15) is 0 Å². The van der Waals surface area contributed by atoms with Gasteiger partial charge in [0.15, 0.2) is 23.3 Å². The second kappa shape index (κ2) is 4.72. The van der Waals surface area contributed by atoms with Gasteiger partial charge in [-0.05, 0) is 11.8 Å². The van der Waals surface area contributed by atoms with E-state index < -0.39 is 45.2 Å². The molecule has 0 amide bonds. The first-order chi connectivity index (χ1) is 9.07. The van der Waals surface area contributed by atoms with E-state index in [4.69, 9.17) is 4.74 Å². The zero-order chi connectivity index (χ0) is 15.3. The molecule has 0 radical (unpaired) electrons. The summed E-state index contributed by atoms with van der Waals surface area (Å²) in [5.41, 5.74) is -2.56. The summed E-state index contributed by atoms with van der Waals surface area (Å²) in [6.45, 7) is 6.95. The van der Waals surface area contributed by atoms with Crippen LogP contribution in [0.3, 0.4) is 0 Å². The molecule has 0 saturated carbocycles. The van der Waals surface area contributed by atoms with Crippen molar-refractivity contribution in [3.8, 4) is 0 Å². The molecule has 1 nitrogen and oxygen atoms in total. The first-order valence-electron chi connectivity index (χ1n) is 6.50. The molecule has 0 bridgehead atoms. The Hall–Kier alpha value is -1.10. The highest BCUT2D eigenvalue weighted by molar-refractivity contribution is 5.34. The van der Waals surface area contributed by atoms with Crippen LogP contribution >= 0.6 is 0 Å². The van der Waals surface area contributed by atoms with E-state index in [-0.39, 0.29) is 6.42 Å². The maximum atomic E-state index is 14.1. The lowest BCUT2D eigenvalue weighted by atomic mass is 9.79. The minimum Gasteiger partial charge on any atom is -0.380 e. The van der Waals surface area contributed by atoms with Gasteiger partial charge >= 0.3 is 0 Å². The van der Waals surface area contributed by atoms with Gasteiger partial charge in [-0.1, -0.05) is 27.7 Å². The third kappa shape index (κ3) is 2.43. The van der Waals surface area contributed by atoms with Gasteiger partial charge in [0, 0.05) is 16.5 Å². The summed E-state index contributed by atoms with van der Waals surface area (Å²) in [5, 5.41) is 0. The summed E-state index contributed by atoms with van der Waals surface area (Å²) in [6, 6.07) is 0. The predicted molar refractivity (Wildman–Crippen MR) is 67.6 cm³/mol. The van der Waals surface area contributed by atoms with Gasteiger partial charge in [0.25, 0.3) is 0 Å². The molecule has 2 rings (SSSR count). The fourth-order valence-corrected chi connectivity index (χ4v) is 2.47. The molecule has 1 aromatic rings. The van der Waals surface area contributed by atoms with Gasteiger partial charge < -0.3 is 4.74 Å². The second-order valence-corrected chi connectivity index (χ2v) is 6.84. The molecule has 112 valence electrons. The fourth-order valence-electron chi connectivity index (χ4n) is 2.47. The summed E-state index contributed by atoms with van der Waals surface area (Å²) in [7, 11) is 0. The van der Waals surface area contributed by atoms with Crippen molar-refractivity contribution in [3.05, 3.63) is 34.4 Å². The van der Waals surface area contributed by atoms with Gasteiger partial charge in [0.2, 0.25) is 0 Å². The maximum absolute atomic E-state index is 14.1. The molecule has 0 N–H and O–H groups in total. The molecular formula is C15H18F4O. The second-order valence-electron chi connectivity index (χ2n) is 6.84. The summed E-state index contributed by atoms with van der Waals surface area (Å²) in [4.78, 5) is 0. The lowest BCUT2D eigenvalue weighted by Crippen LogP contribution is -2.42. The Bertz CT molecular complexity index is 513. The number of benzene rings is 1. The average Bonchev–Trinajstić information content (AvgIpc) is 2.28. The van der Waals surface area contributed by atoms with E-state index in [0.717, 1.165) is 0 Å². The van der Waals surface area contributed by atoms with E-state index in [1.807, 2.05) is 0 Å². The van der Waals surface area contributed by atoms with Crippen molar-refractivity contribution < 1.29 is 22.3 Å². The van der Waals surface area contributed by atoms with Gasteiger partial charge in [-0.2, -0.15) is 0 Å². The third-order valence-corrected chi connectivity index (χ3v) is 3.61. The van der Waals surface area contributed by atoms with Crippen molar-refractivity contribution in [2.24, 2.45) is 5.41 Å². The van der Waals surface area contributed by atoms with Crippen LogP contribution in [0.15, 0.2) is 0 Å². The number of hydrogen-bond donors (Lipinski definition) is 0. The Morgan fingerprint density at radius 3 is 1.70 bits per heavy atom. The van der Waals surface area contributed by atoms with Crippen LogP contribution in [0.25, 0.3) is 0 Å². The average molecular weight is 290 g/mol. The molecule has 20 heavy (non-hydrogen) atoms. The minimum absolute atomic E-state index is 0.0804. The first-order valence-corrected chi connectivity index (χ1v) is 6.50. The summed E-state index contributed by atoms with van der Waals surface area (Å²) in [5.74, 6) is -5.17. The van der Waals surface area contributed by atoms with Crippen LogP contribution in [0.1, 0.15) is 38.8 Å². The zero-order valence-electron chi connectivity index (χ0n) is 12.0. The lowest BCUT2D eigenvalue weighted by molar-refractivity contribution is -0.101. The van der Waals surface area contributed by atoms with Crippen molar-refractivity contribution in [2.45, 2.75) is 39.5 Å². The lowest BCUT2D eigenvalue weighted by Gasteiger charge is -2.38.